The van der Waals surface area contributed by atoms with Gasteiger partial charge < -0.3 is 28.4 Å². The van der Waals surface area contributed by atoms with Gasteiger partial charge in [0.2, 0.25) is 0 Å². The second-order valence-corrected chi connectivity index (χ2v) is 6.37. The average Bonchev–Trinajstić information content (AvgIpc) is 2.56. The van der Waals surface area contributed by atoms with Gasteiger partial charge in [-0.05, 0) is 0 Å². The van der Waals surface area contributed by atoms with Crippen LogP contribution in [-0.4, -0.2) is 73.6 Å². The van der Waals surface area contributed by atoms with E-state index < -0.39 is 60.4 Å². The number of esters is 5. The van der Waals surface area contributed by atoms with Crippen molar-refractivity contribution in [2.45, 2.75) is 71.6 Å². The van der Waals surface area contributed by atoms with Crippen LogP contribution in [0.2, 0.25) is 0 Å². The highest BCUT2D eigenvalue weighted by Crippen LogP contribution is 2.30. The minimum Gasteiger partial charge on any atom is -0.466 e. The van der Waals surface area contributed by atoms with Crippen molar-refractivity contribution in [3.63, 3.8) is 0 Å². The molecule has 1 saturated heterocycles. The molecular weight excluding hydrogens is 392 g/mol. The van der Waals surface area contributed by atoms with Gasteiger partial charge in [-0.3, -0.25) is 24.0 Å². The van der Waals surface area contributed by atoms with Crippen LogP contribution >= 0.6 is 0 Å². The third kappa shape index (κ3) is 8.46. The van der Waals surface area contributed by atoms with Crippen LogP contribution in [0.5, 0.6) is 0 Å². The van der Waals surface area contributed by atoms with Crippen LogP contribution in [0, 0.1) is 0 Å². The zero-order chi connectivity index (χ0) is 22.1. The quantitative estimate of drug-likeness (QED) is 0.390. The Morgan fingerprint density at radius 1 is 0.621 bits per heavy atom. The van der Waals surface area contributed by atoms with E-state index in [4.69, 9.17) is 28.4 Å². The van der Waals surface area contributed by atoms with Gasteiger partial charge in [-0.1, -0.05) is 0 Å². The predicted octanol–water partition coefficient (Wildman–Crippen LogP) is 0.0652. The van der Waals surface area contributed by atoms with E-state index >= 15 is 0 Å². The van der Waals surface area contributed by atoms with Crippen LogP contribution in [0.1, 0.15) is 41.0 Å². The van der Waals surface area contributed by atoms with Crippen molar-refractivity contribution in [3.8, 4) is 0 Å². The van der Waals surface area contributed by atoms with Gasteiger partial charge >= 0.3 is 29.8 Å². The second kappa shape index (κ2) is 11.3. The lowest BCUT2D eigenvalue weighted by Gasteiger charge is -2.44. The average molecular weight is 418 g/mol. The lowest BCUT2D eigenvalue weighted by atomic mass is 9.92. The normalized spacial score (nSPS) is 26.0. The van der Waals surface area contributed by atoms with Gasteiger partial charge in [0.1, 0.15) is 18.8 Å². The molecule has 5 atom stereocenters. The Kier molecular flexibility index (Phi) is 9.53. The van der Waals surface area contributed by atoms with Gasteiger partial charge in [0.15, 0.2) is 18.3 Å². The Hall–Kier alpha value is -2.69. The fraction of sp³-hybridized carbons (Fsp3) is 0.722. The number of carbonyl (C=O) groups excluding carboxylic acids is 5. The molecule has 1 rings (SSSR count). The van der Waals surface area contributed by atoms with Gasteiger partial charge in [-0.2, -0.15) is 0 Å². The van der Waals surface area contributed by atoms with Gasteiger partial charge in [0.25, 0.3) is 0 Å². The first-order valence-electron chi connectivity index (χ1n) is 8.95. The van der Waals surface area contributed by atoms with E-state index in [9.17, 15) is 24.0 Å². The van der Waals surface area contributed by atoms with E-state index in [-0.39, 0.29) is 19.6 Å². The zero-order valence-corrected chi connectivity index (χ0v) is 17.0. The molecule has 0 aromatic rings. The second-order valence-electron chi connectivity index (χ2n) is 6.37. The topological polar surface area (TPSA) is 141 Å². The molecule has 11 nitrogen and oxygen atoms in total. The van der Waals surface area contributed by atoms with E-state index in [0.29, 0.717) is 0 Å². The van der Waals surface area contributed by atoms with Crippen LogP contribution in [0.25, 0.3) is 0 Å². The van der Waals surface area contributed by atoms with Crippen LogP contribution in [-0.2, 0) is 52.4 Å². The molecule has 0 spiro atoms. The molecule has 0 amide bonds. The number of rotatable bonds is 8. The van der Waals surface area contributed by atoms with E-state index in [1.54, 1.807) is 0 Å². The van der Waals surface area contributed by atoms with Crippen LogP contribution in [0.4, 0.5) is 0 Å². The standard InChI is InChI=1S/C18H26O11/c1-9(19)24-7-6-14-16(26-11(3)21)18(28-13(5)23)17(27-12(4)22)15(29-14)8-25-10(2)20/h14-18H,6-8H2,1-5H3. The van der Waals surface area contributed by atoms with Crippen molar-refractivity contribution in [1.29, 1.82) is 0 Å². The first-order chi connectivity index (χ1) is 13.5. The van der Waals surface area contributed by atoms with E-state index in [1.807, 2.05) is 0 Å². The lowest BCUT2D eigenvalue weighted by molar-refractivity contribution is -0.254. The molecule has 0 aromatic carbocycles. The molecule has 1 aliphatic rings. The number of ether oxygens (including phenoxy) is 6. The fourth-order valence-electron chi connectivity index (χ4n) is 2.87. The molecule has 0 aliphatic carbocycles. The van der Waals surface area contributed by atoms with Crippen molar-refractivity contribution >= 4 is 29.8 Å². The van der Waals surface area contributed by atoms with Gasteiger partial charge in [0, 0.05) is 41.0 Å². The molecule has 5 unspecified atom stereocenters. The molecule has 0 saturated carbocycles. The Balaban J connectivity index is 3.22. The molecule has 0 bridgehead atoms. The smallest absolute Gasteiger partial charge is 0.303 e. The minimum atomic E-state index is -1.23. The van der Waals surface area contributed by atoms with E-state index in [0.717, 1.165) is 20.8 Å². The maximum Gasteiger partial charge on any atom is 0.303 e. The van der Waals surface area contributed by atoms with Crippen molar-refractivity contribution in [1.82, 2.24) is 0 Å². The van der Waals surface area contributed by atoms with Gasteiger partial charge in [-0.15, -0.1) is 0 Å². The third-order valence-corrected chi connectivity index (χ3v) is 3.79. The Labute approximate surface area is 167 Å². The molecule has 29 heavy (non-hydrogen) atoms. The Morgan fingerprint density at radius 2 is 1.07 bits per heavy atom. The summed E-state index contributed by atoms with van der Waals surface area (Å²) in [7, 11) is 0. The summed E-state index contributed by atoms with van der Waals surface area (Å²) >= 11 is 0. The summed E-state index contributed by atoms with van der Waals surface area (Å²) in [6.45, 7) is 5.48. The zero-order valence-electron chi connectivity index (χ0n) is 17.0. The van der Waals surface area contributed by atoms with Gasteiger partial charge in [0.05, 0.1) is 6.61 Å². The van der Waals surface area contributed by atoms with Gasteiger partial charge in [-0.25, -0.2) is 0 Å². The summed E-state index contributed by atoms with van der Waals surface area (Å²) in [5, 5.41) is 0. The largest absolute Gasteiger partial charge is 0.466 e. The maximum absolute atomic E-state index is 11.7. The third-order valence-electron chi connectivity index (χ3n) is 3.79. The first-order valence-corrected chi connectivity index (χ1v) is 8.95. The van der Waals surface area contributed by atoms with Crippen LogP contribution in [0.15, 0.2) is 0 Å². The molecule has 0 radical (unpaired) electrons. The lowest BCUT2D eigenvalue weighted by Crippen LogP contribution is -2.62. The summed E-state index contributed by atoms with van der Waals surface area (Å²) in [6, 6.07) is 0. The summed E-state index contributed by atoms with van der Waals surface area (Å²) in [5.41, 5.74) is 0. The molecule has 1 fully saturated rings. The van der Waals surface area contributed by atoms with Crippen molar-refractivity contribution in [3.05, 3.63) is 0 Å². The summed E-state index contributed by atoms with van der Waals surface area (Å²) < 4.78 is 31.5. The van der Waals surface area contributed by atoms with Crippen LogP contribution < -0.4 is 0 Å². The molecule has 0 N–H and O–H groups in total. The SMILES string of the molecule is CC(=O)OCCC1OC(COC(C)=O)C(OC(C)=O)C(OC(C)=O)C1OC(C)=O. The summed E-state index contributed by atoms with van der Waals surface area (Å²) in [4.78, 5) is 57.1. The van der Waals surface area contributed by atoms with Crippen molar-refractivity contribution in [2.24, 2.45) is 0 Å². The maximum atomic E-state index is 11.7. The molecule has 1 aliphatic heterocycles. The van der Waals surface area contributed by atoms with Crippen molar-refractivity contribution < 1.29 is 52.4 Å². The van der Waals surface area contributed by atoms with E-state index in [2.05, 4.69) is 0 Å². The van der Waals surface area contributed by atoms with Crippen molar-refractivity contribution in [2.75, 3.05) is 13.2 Å². The molecule has 164 valence electrons. The van der Waals surface area contributed by atoms with E-state index in [1.165, 1.54) is 13.8 Å². The number of hydrogen-bond donors (Lipinski definition) is 0. The Bertz CT molecular complexity index is 629. The molecule has 1 heterocycles. The summed E-state index contributed by atoms with van der Waals surface area (Å²) in [5.74, 6) is -3.22. The molecule has 11 heteroatoms. The summed E-state index contributed by atoms with van der Waals surface area (Å²) in [6.07, 6.45) is -5.40. The highest BCUT2D eigenvalue weighted by Gasteiger charge is 2.51. The fourth-order valence-corrected chi connectivity index (χ4v) is 2.87. The first kappa shape index (κ1) is 24.3. The highest BCUT2D eigenvalue weighted by molar-refractivity contribution is 5.69. The van der Waals surface area contributed by atoms with Crippen LogP contribution in [0.3, 0.4) is 0 Å². The minimum absolute atomic E-state index is 0.0664. The monoisotopic (exact) mass is 418 g/mol. The number of carbonyl (C=O) groups is 5. The Morgan fingerprint density at radius 3 is 1.52 bits per heavy atom. The molecular formula is C18H26O11. The highest BCUT2D eigenvalue weighted by atomic mass is 16.7. The molecule has 0 aromatic heterocycles. The predicted molar refractivity (Wildman–Crippen MR) is 93.2 cm³/mol. The number of hydrogen-bond acceptors (Lipinski definition) is 11.